The number of nitrogen functional groups attached to an aromatic ring is 1. The van der Waals surface area contributed by atoms with Crippen molar-refractivity contribution in [3.63, 3.8) is 0 Å². The number of nitrogens with two attached hydrogens (primary N) is 1. The predicted molar refractivity (Wildman–Crippen MR) is 80.5 cm³/mol. The summed E-state index contributed by atoms with van der Waals surface area (Å²) in [6.07, 6.45) is 1.32. The average molecular weight is 287 g/mol. The zero-order valence-corrected chi connectivity index (χ0v) is 12.2. The van der Waals surface area contributed by atoms with Crippen LogP contribution in [0, 0.1) is 5.92 Å². The first-order valence-corrected chi connectivity index (χ1v) is 6.40. The van der Waals surface area contributed by atoms with Gasteiger partial charge in [-0.2, -0.15) is 0 Å². The first-order valence-electron chi connectivity index (χ1n) is 6.40. The van der Waals surface area contributed by atoms with Crippen LogP contribution < -0.4 is 11.1 Å². The van der Waals surface area contributed by atoms with Crippen LogP contribution >= 0.6 is 12.4 Å². The van der Waals surface area contributed by atoms with Gasteiger partial charge in [0.2, 0.25) is 0 Å². The molecule has 1 rings (SSSR count). The van der Waals surface area contributed by atoms with Crippen LogP contribution in [0.4, 0.5) is 5.69 Å². The standard InChI is InChI=1S/C14H22N2O2.ClH/c1-3-10(4-2)13(17)9-16-14(18)11-6-5-7-12(15)8-11;/h5-8,10,13,17H,3-4,9,15H2,1-2H3,(H,16,18);1H. The molecule has 1 amide bonds. The molecule has 0 saturated carbocycles. The van der Waals surface area contributed by atoms with E-state index in [9.17, 15) is 9.90 Å². The number of anilines is 1. The van der Waals surface area contributed by atoms with Gasteiger partial charge < -0.3 is 16.2 Å². The highest BCUT2D eigenvalue weighted by Crippen LogP contribution is 2.12. The lowest BCUT2D eigenvalue weighted by atomic mass is 9.96. The van der Waals surface area contributed by atoms with E-state index in [1.807, 2.05) is 13.8 Å². The van der Waals surface area contributed by atoms with Gasteiger partial charge in [-0.15, -0.1) is 12.4 Å². The lowest BCUT2D eigenvalue weighted by Gasteiger charge is -2.20. The smallest absolute Gasteiger partial charge is 0.251 e. The van der Waals surface area contributed by atoms with E-state index in [-0.39, 0.29) is 30.8 Å². The van der Waals surface area contributed by atoms with Crippen molar-refractivity contribution in [2.24, 2.45) is 5.92 Å². The number of carbonyl (C=O) groups excluding carboxylic acids is 1. The minimum atomic E-state index is -0.495. The molecule has 1 aromatic carbocycles. The van der Waals surface area contributed by atoms with Crippen LogP contribution in [-0.4, -0.2) is 23.7 Å². The Hall–Kier alpha value is -1.26. The number of nitrogens with one attached hydrogen (secondary N) is 1. The van der Waals surface area contributed by atoms with E-state index in [4.69, 9.17) is 5.73 Å². The minimum Gasteiger partial charge on any atom is -0.399 e. The second kappa shape index (κ2) is 8.77. The van der Waals surface area contributed by atoms with Gasteiger partial charge in [0, 0.05) is 17.8 Å². The number of aliphatic hydroxyl groups excluding tert-OH is 1. The molecule has 0 aliphatic rings. The van der Waals surface area contributed by atoms with Crippen LogP contribution in [0.25, 0.3) is 0 Å². The molecule has 19 heavy (non-hydrogen) atoms. The van der Waals surface area contributed by atoms with Gasteiger partial charge in [0.15, 0.2) is 0 Å². The van der Waals surface area contributed by atoms with Crippen molar-refractivity contribution in [2.45, 2.75) is 32.8 Å². The van der Waals surface area contributed by atoms with Crippen LogP contribution in [0.15, 0.2) is 24.3 Å². The Morgan fingerprint density at radius 1 is 1.37 bits per heavy atom. The minimum absolute atomic E-state index is 0. The molecule has 1 atom stereocenters. The van der Waals surface area contributed by atoms with E-state index >= 15 is 0 Å². The first kappa shape index (κ1) is 17.7. The fraction of sp³-hybridized carbons (Fsp3) is 0.500. The van der Waals surface area contributed by atoms with Gasteiger partial charge in [0.05, 0.1) is 6.10 Å². The Morgan fingerprint density at radius 2 is 2.00 bits per heavy atom. The third kappa shape index (κ3) is 5.49. The quantitative estimate of drug-likeness (QED) is 0.702. The molecular formula is C14H23ClN2O2. The van der Waals surface area contributed by atoms with E-state index in [1.54, 1.807) is 24.3 Å². The Balaban J connectivity index is 0.00000324. The molecule has 0 aliphatic heterocycles. The molecule has 0 heterocycles. The zero-order chi connectivity index (χ0) is 13.5. The molecule has 0 spiro atoms. The summed E-state index contributed by atoms with van der Waals surface area (Å²) in [7, 11) is 0. The van der Waals surface area contributed by atoms with E-state index in [2.05, 4.69) is 5.32 Å². The maximum atomic E-state index is 11.8. The van der Waals surface area contributed by atoms with Crippen LogP contribution in [0.5, 0.6) is 0 Å². The summed E-state index contributed by atoms with van der Waals surface area (Å²) in [5, 5.41) is 12.7. The summed E-state index contributed by atoms with van der Waals surface area (Å²) in [6.45, 7) is 4.36. The van der Waals surface area contributed by atoms with Crippen LogP contribution in [0.2, 0.25) is 0 Å². The van der Waals surface area contributed by atoms with E-state index in [0.29, 0.717) is 11.3 Å². The van der Waals surface area contributed by atoms with Gasteiger partial charge in [-0.1, -0.05) is 32.8 Å². The highest BCUT2D eigenvalue weighted by molar-refractivity contribution is 5.94. The molecule has 108 valence electrons. The van der Waals surface area contributed by atoms with Gasteiger partial charge in [0.25, 0.3) is 5.91 Å². The van der Waals surface area contributed by atoms with E-state index in [1.165, 1.54) is 0 Å². The summed E-state index contributed by atoms with van der Waals surface area (Å²) in [4.78, 5) is 11.8. The normalized spacial score (nSPS) is 11.8. The van der Waals surface area contributed by atoms with Gasteiger partial charge in [0.1, 0.15) is 0 Å². The molecule has 0 aromatic heterocycles. The number of amides is 1. The topological polar surface area (TPSA) is 75.3 Å². The molecule has 5 heteroatoms. The molecule has 0 aliphatic carbocycles. The molecule has 0 radical (unpaired) electrons. The van der Waals surface area contributed by atoms with Crippen molar-refractivity contribution in [3.8, 4) is 0 Å². The fourth-order valence-corrected chi connectivity index (χ4v) is 1.98. The molecule has 1 aromatic rings. The second-order valence-electron chi connectivity index (χ2n) is 4.48. The number of hydrogen-bond acceptors (Lipinski definition) is 3. The third-order valence-corrected chi connectivity index (χ3v) is 3.21. The number of halogens is 1. The summed E-state index contributed by atoms with van der Waals surface area (Å²) < 4.78 is 0. The Morgan fingerprint density at radius 3 is 2.53 bits per heavy atom. The largest absolute Gasteiger partial charge is 0.399 e. The molecule has 1 unspecified atom stereocenters. The summed E-state index contributed by atoms with van der Waals surface area (Å²) in [5.41, 5.74) is 6.69. The predicted octanol–water partition coefficient (Wildman–Crippen LogP) is 2.22. The summed E-state index contributed by atoms with van der Waals surface area (Å²) >= 11 is 0. The third-order valence-electron chi connectivity index (χ3n) is 3.21. The van der Waals surface area contributed by atoms with Gasteiger partial charge >= 0.3 is 0 Å². The number of carbonyl (C=O) groups is 1. The molecule has 0 fully saturated rings. The Kier molecular flexibility index (Phi) is 8.19. The number of hydrogen-bond donors (Lipinski definition) is 3. The van der Waals surface area contributed by atoms with Crippen molar-refractivity contribution in [1.29, 1.82) is 0 Å². The monoisotopic (exact) mass is 286 g/mol. The SMILES string of the molecule is CCC(CC)C(O)CNC(=O)c1cccc(N)c1.Cl. The molecular weight excluding hydrogens is 264 g/mol. The highest BCUT2D eigenvalue weighted by atomic mass is 35.5. The Bertz CT molecular complexity index is 395. The maximum absolute atomic E-state index is 11.8. The van der Waals surface area contributed by atoms with Crippen LogP contribution in [0.3, 0.4) is 0 Å². The molecule has 0 bridgehead atoms. The van der Waals surface area contributed by atoms with Gasteiger partial charge in [-0.25, -0.2) is 0 Å². The van der Waals surface area contributed by atoms with Crippen molar-refractivity contribution >= 4 is 24.0 Å². The number of rotatable bonds is 6. The van der Waals surface area contributed by atoms with Crippen molar-refractivity contribution in [3.05, 3.63) is 29.8 Å². The lowest BCUT2D eigenvalue weighted by Crippen LogP contribution is -2.36. The van der Waals surface area contributed by atoms with E-state index in [0.717, 1.165) is 12.8 Å². The van der Waals surface area contributed by atoms with E-state index < -0.39 is 6.10 Å². The maximum Gasteiger partial charge on any atom is 0.251 e. The van der Waals surface area contributed by atoms with Gasteiger partial charge in [-0.3, -0.25) is 4.79 Å². The van der Waals surface area contributed by atoms with Crippen LogP contribution in [0.1, 0.15) is 37.0 Å². The fourth-order valence-electron chi connectivity index (χ4n) is 1.98. The molecule has 4 nitrogen and oxygen atoms in total. The van der Waals surface area contributed by atoms with Crippen molar-refractivity contribution in [1.82, 2.24) is 5.32 Å². The lowest BCUT2D eigenvalue weighted by molar-refractivity contribution is 0.0816. The molecule has 0 saturated heterocycles. The Labute approximate surface area is 120 Å². The average Bonchev–Trinajstić information content (AvgIpc) is 2.37. The summed E-state index contributed by atoms with van der Waals surface area (Å²) in [5.74, 6) is 0.0263. The molecule has 4 N–H and O–H groups in total. The van der Waals surface area contributed by atoms with Crippen molar-refractivity contribution < 1.29 is 9.90 Å². The second-order valence-corrected chi connectivity index (χ2v) is 4.48. The highest BCUT2D eigenvalue weighted by Gasteiger charge is 2.16. The number of aliphatic hydroxyl groups is 1. The number of benzene rings is 1. The van der Waals surface area contributed by atoms with Crippen molar-refractivity contribution in [2.75, 3.05) is 12.3 Å². The first-order chi connectivity index (χ1) is 8.58. The van der Waals surface area contributed by atoms with Gasteiger partial charge in [-0.05, 0) is 24.1 Å². The van der Waals surface area contributed by atoms with Crippen LogP contribution in [-0.2, 0) is 0 Å². The zero-order valence-electron chi connectivity index (χ0n) is 11.4. The summed E-state index contributed by atoms with van der Waals surface area (Å²) in [6, 6.07) is 6.80.